The molecule has 1 atom stereocenters. The zero-order valence-corrected chi connectivity index (χ0v) is 20.2. The van der Waals surface area contributed by atoms with Crippen LogP contribution in [-0.2, 0) is 4.79 Å². The number of piperazine rings is 1. The molecular weight excluding hydrogens is 418 g/mol. The number of para-hydroxylation sites is 2. The monoisotopic (exact) mass is 457 g/mol. The van der Waals surface area contributed by atoms with Crippen LogP contribution in [0.25, 0.3) is 0 Å². The van der Waals surface area contributed by atoms with Gasteiger partial charge in [0.25, 0.3) is 0 Å². The number of hydrogen-bond donors (Lipinski definition) is 1. The van der Waals surface area contributed by atoms with Gasteiger partial charge in [0, 0.05) is 58.3 Å². The number of likely N-dealkylation sites (N-methyl/N-ethyl adjacent to an activating group) is 1. The van der Waals surface area contributed by atoms with E-state index in [9.17, 15) is 9.59 Å². The molecule has 1 aromatic carbocycles. The van der Waals surface area contributed by atoms with E-state index < -0.39 is 0 Å². The third-order valence-electron chi connectivity index (χ3n) is 7.30. The highest BCUT2D eigenvalue weighted by Gasteiger charge is 2.34. The number of nitrogens with zero attached hydrogens (tertiary/aromatic N) is 4. The number of carbonyl (C=O) groups excluding carboxylic acids is 2. The van der Waals surface area contributed by atoms with Crippen LogP contribution < -0.4 is 15.0 Å². The van der Waals surface area contributed by atoms with Gasteiger partial charge in [-0.05, 0) is 37.9 Å². The number of hydrogen-bond acceptors (Lipinski definition) is 5. The van der Waals surface area contributed by atoms with Gasteiger partial charge in [0.15, 0.2) is 0 Å². The van der Waals surface area contributed by atoms with Crippen LogP contribution in [-0.4, -0.2) is 98.2 Å². The second-order valence-electron chi connectivity index (χ2n) is 9.34. The maximum absolute atomic E-state index is 13.3. The van der Waals surface area contributed by atoms with Gasteiger partial charge in [0.05, 0.1) is 12.2 Å². The lowest BCUT2D eigenvalue weighted by Gasteiger charge is -2.39. The number of piperidine rings is 1. The number of carbonyl (C=O) groups is 2. The fourth-order valence-corrected chi connectivity index (χ4v) is 5.01. The number of benzene rings is 1. The summed E-state index contributed by atoms with van der Waals surface area (Å²) in [7, 11) is 0. The summed E-state index contributed by atoms with van der Waals surface area (Å²) in [6.45, 7) is 13.2. The van der Waals surface area contributed by atoms with Crippen LogP contribution in [0.4, 0.5) is 10.5 Å². The third-order valence-corrected chi connectivity index (χ3v) is 7.30. The molecule has 4 rings (SSSR count). The van der Waals surface area contributed by atoms with Crippen molar-refractivity contribution in [1.29, 1.82) is 0 Å². The number of amides is 3. The average molecular weight is 458 g/mol. The Morgan fingerprint density at radius 2 is 1.70 bits per heavy atom. The highest BCUT2D eigenvalue weighted by atomic mass is 16.5. The molecule has 182 valence electrons. The van der Waals surface area contributed by atoms with Gasteiger partial charge < -0.3 is 19.9 Å². The molecule has 3 heterocycles. The molecule has 33 heavy (non-hydrogen) atoms. The van der Waals surface area contributed by atoms with E-state index in [1.165, 1.54) is 0 Å². The van der Waals surface area contributed by atoms with Crippen LogP contribution in [0.5, 0.6) is 5.75 Å². The first kappa shape index (κ1) is 23.8. The predicted octanol–water partition coefficient (Wildman–Crippen LogP) is 2.25. The number of likely N-dealkylation sites (tertiary alicyclic amines) is 1. The maximum Gasteiger partial charge on any atom is 0.324 e. The zero-order valence-electron chi connectivity index (χ0n) is 20.2. The summed E-state index contributed by atoms with van der Waals surface area (Å²) in [5.74, 6) is 0.901. The van der Waals surface area contributed by atoms with E-state index in [0.717, 1.165) is 70.0 Å². The van der Waals surface area contributed by atoms with Crippen molar-refractivity contribution in [2.75, 3.05) is 70.3 Å². The minimum Gasteiger partial charge on any atom is -0.486 e. The van der Waals surface area contributed by atoms with Crippen LogP contribution in [0, 0.1) is 5.92 Å². The van der Waals surface area contributed by atoms with E-state index in [1.54, 1.807) is 0 Å². The molecule has 2 saturated heterocycles. The summed E-state index contributed by atoms with van der Waals surface area (Å²) in [5.41, 5.74) is 0.840. The number of nitrogens with one attached hydrogen (secondary N) is 1. The molecule has 0 unspecified atom stereocenters. The van der Waals surface area contributed by atoms with Crippen molar-refractivity contribution in [3.8, 4) is 5.75 Å². The van der Waals surface area contributed by atoms with Crippen LogP contribution in [0.1, 0.15) is 33.1 Å². The van der Waals surface area contributed by atoms with E-state index in [-0.39, 0.29) is 24.0 Å². The number of rotatable bonds is 6. The maximum atomic E-state index is 13.3. The first-order chi connectivity index (χ1) is 16.1. The Morgan fingerprint density at radius 1 is 1.00 bits per heavy atom. The topological polar surface area (TPSA) is 68.4 Å². The summed E-state index contributed by atoms with van der Waals surface area (Å²) < 4.78 is 6.02. The summed E-state index contributed by atoms with van der Waals surface area (Å²) in [6.07, 6.45) is 2.30. The molecule has 2 fully saturated rings. The number of ether oxygens (including phenoxy) is 1. The van der Waals surface area contributed by atoms with Crippen molar-refractivity contribution in [3.05, 3.63) is 24.3 Å². The largest absolute Gasteiger partial charge is 0.486 e. The molecular formula is C25H39N5O3. The highest BCUT2D eigenvalue weighted by Crippen LogP contribution is 2.35. The molecule has 0 spiro atoms. The molecule has 0 saturated carbocycles. The molecule has 1 aromatic rings. The molecule has 3 aliphatic heterocycles. The Kier molecular flexibility index (Phi) is 8.09. The molecule has 3 aliphatic rings. The second-order valence-corrected chi connectivity index (χ2v) is 9.34. The Bertz CT molecular complexity index is 803. The quantitative estimate of drug-likeness (QED) is 0.710. The minimum absolute atomic E-state index is 0.00801. The molecule has 0 radical (unpaired) electrons. The van der Waals surface area contributed by atoms with Crippen molar-refractivity contribution in [2.45, 2.75) is 39.2 Å². The molecule has 0 aromatic heterocycles. The van der Waals surface area contributed by atoms with Crippen molar-refractivity contribution in [3.63, 3.8) is 0 Å². The van der Waals surface area contributed by atoms with Gasteiger partial charge >= 0.3 is 6.03 Å². The third kappa shape index (κ3) is 5.79. The van der Waals surface area contributed by atoms with Crippen molar-refractivity contribution in [2.24, 2.45) is 5.92 Å². The smallest absolute Gasteiger partial charge is 0.324 e. The summed E-state index contributed by atoms with van der Waals surface area (Å²) >= 11 is 0. The molecule has 0 aliphatic carbocycles. The SMILES string of the molecule is CC[C@H]1CN(C(=O)N2CCC(C(=O)NCCN3CCN(CC)CC3)CC2)c2ccccc2O1. The van der Waals surface area contributed by atoms with E-state index >= 15 is 0 Å². The standard InChI is InChI=1S/C25H39N5O3/c1-3-21-19-30(22-7-5-6-8-23(22)33-21)25(32)29-12-9-20(10-13-29)24(31)26-11-14-28-17-15-27(4-2)16-18-28/h5-8,20-21H,3-4,9-19H2,1-2H3,(H,26,31)/t21-/m0/s1. The van der Waals surface area contributed by atoms with Crippen LogP contribution >= 0.6 is 0 Å². The lowest BCUT2D eigenvalue weighted by molar-refractivity contribution is -0.126. The van der Waals surface area contributed by atoms with E-state index in [0.29, 0.717) is 26.2 Å². The highest BCUT2D eigenvalue weighted by molar-refractivity contribution is 5.94. The lowest BCUT2D eigenvalue weighted by atomic mass is 9.96. The zero-order chi connectivity index (χ0) is 23.2. The van der Waals surface area contributed by atoms with Gasteiger partial charge in [-0.15, -0.1) is 0 Å². The van der Waals surface area contributed by atoms with Gasteiger partial charge in [0.2, 0.25) is 5.91 Å². The fourth-order valence-electron chi connectivity index (χ4n) is 5.01. The molecule has 3 amide bonds. The predicted molar refractivity (Wildman–Crippen MR) is 130 cm³/mol. The van der Waals surface area contributed by atoms with E-state index in [2.05, 4.69) is 29.0 Å². The lowest BCUT2D eigenvalue weighted by Crippen LogP contribution is -2.52. The van der Waals surface area contributed by atoms with Crippen molar-refractivity contribution in [1.82, 2.24) is 20.0 Å². The van der Waals surface area contributed by atoms with E-state index in [1.807, 2.05) is 34.1 Å². The van der Waals surface area contributed by atoms with Crippen LogP contribution in [0.3, 0.4) is 0 Å². The Morgan fingerprint density at radius 3 is 2.39 bits per heavy atom. The Labute approximate surface area is 197 Å². The first-order valence-electron chi connectivity index (χ1n) is 12.6. The molecule has 1 N–H and O–H groups in total. The number of urea groups is 1. The normalized spacial score (nSPS) is 22.5. The summed E-state index contributed by atoms with van der Waals surface area (Å²) in [4.78, 5) is 34.7. The van der Waals surface area contributed by atoms with Gasteiger partial charge in [-0.25, -0.2) is 4.79 Å². The van der Waals surface area contributed by atoms with Crippen LogP contribution in [0.2, 0.25) is 0 Å². The van der Waals surface area contributed by atoms with Crippen molar-refractivity contribution < 1.29 is 14.3 Å². The number of fused-ring (bicyclic) bond motifs is 1. The minimum atomic E-state index is -0.00801. The fraction of sp³-hybridized carbons (Fsp3) is 0.680. The Hall–Kier alpha value is -2.32. The molecule has 0 bridgehead atoms. The van der Waals surface area contributed by atoms with Crippen molar-refractivity contribution >= 4 is 17.6 Å². The van der Waals surface area contributed by atoms with Gasteiger partial charge in [-0.1, -0.05) is 26.0 Å². The van der Waals surface area contributed by atoms with Gasteiger partial charge in [0.1, 0.15) is 11.9 Å². The summed E-state index contributed by atoms with van der Waals surface area (Å²) in [6, 6.07) is 7.78. The molecule has 8 heteroatoms. The first-order valence-corrected chi connectivity index (χ1v) is 12.6. The van der Waals surface area contributed by atoms with Gasteiger partial charge in [-0.3, -0.25) is 14.6 Å². The second kappa shape index (κ2) is 11.2. The molecule has 8 nitrogen and oxygen atoms in total. The number of anilines is 1. The average Bonchev–Trinajstić information content (AvgIpc) is 2.88. The summed E-state index contributed by atoms with van der Waals surface area (Å²) in [5, 5.41) is 3.13. The van der Waals surface area contributed by atoms with Crippen LogP contribution in [0.15, 0.2) is 24.3 Å². The van der Waals surface area contributed by atoms with Gasteiger partial charge in [-0.2, -0.15) is 0 Å². The van der Waals surface area contributed by atoms with E-state index in [4.69, 9.17) is 4.74 Å². The Balaban J connectivity index is 1.22.